The monoisotopic (exact) mass is 365 g/mol. The van der Waals surface area contributed by atoms with E-state index in [-0.39, 0.29) is 17.3 Å². The molecule has 2 aromatic carbocycles. The number of aromatic nitrogens is 2. The summed E-state index contributed by atoms with van der Waals surface area (Å²) in [6.45, 7) is 1.44. The number of para-hydroxylation sites is 1. The molecule has 2 amide bonds. The van der Waals surface area contributed by atoms with E-state index in [9.17, 15) is 14.0 Å². The first-order chi connectivity index (χ1) is 13.0. The van der Waals surface area contributed by atoms with Gasteiger partial charge in [-0.15, -0.1) is 0 Å². The Bertz CT molecular complexity index is 959. The van der Waals surface area contributed by atoms with Crippen molar-refractivity contribution < 1.29 is 14.0 Å². The van der Waals surface area contributed by atoms with E-state index in [0.717, 1.165) is 5.69 Å². The highest BCUT2D eigenvalue weighted by molar-refractivity contribution is 6.02. The molecule has 3 N–H and O–H groups in total. The third-order valence-corrected chi connectivity index (χ3v) is 3.48. The van der Waals surface area contributed by atoms with Gasteiger partial charge in [-0.05, 0) is 36.4 Å². The summed E-state index contributed by atoms with van der Waals surface area (Å²) < 4.78 is 13.6. The van der Waals surface area contributed by atoms with Gasteiger partial charge >= 0.3 is 0 Å². The maximum atomic E-state index is 13.6. The van der Waals surface area contributed by atoms with Gasteiger partial charge < -0.3 is 16.0 Å². The zero-order valence-electron chi connectivity index (χ0n) is 14.4. The quantitative estimate of drug-likeness (QED) is 0.642. The second-order valence-electron chi connectivity index (χ2n) is 5.60. The van der Waals surface area contributed by atoms with Gasteiger partial charge in [-0.3, -0.25) is 9.59 Å². The molecule has 8 heteroatoms. The van der Waals surface area contributed by atoms with Gasteiger partial charge in [-0.25, -0.2) is 14.4 Å². The van der Waals surface area contributed by atoms with Crippen molar-refractivity contribution in [3.63, 3.8) is 0 Å². The number of benzene rings is 2. The van der Waals surface area contributed by atoms with E-state index in [2.05, 4.69) is 25.9 Å². The van der Waals surface area contributed by atoms with Gasteiger partial charge in [-0.2, -0.15) is 0 Å². The van der Waals surface area contributed by atoms with Crippen LogP contribution in [0, 0.1) is 5.82 Å². The zero-order valence-corrected chi connectivity index (χ0v) is 14.4. The lowest BCUT2D eigenvalue weighted by atomic mass is 10.2. The number of rotatable bonds is 5. The molecule has 7 nitrogen and oxygen atoms in total. The second-order valence-corrected chi connectivity index (χ2v) is 5.60. The molecule has 0 radical (unpaired) electrons. The third-order valence-electron chi connectivity index (χ3n) is 3.48. The van der Waals surface area contributed by atoms with E-state index in [0.29, 0.717) is 11.5 Å². The van der Waals surface area contributed by atoms with Crippen LogP contribution >= 0.6 is 0 Å². The topological polar surface area (TPSA) is 96.0 Å². The normalized spacial score (nSPS) is 10.1. The smallest absolute Gasteiger partial charge is 0.275 e. The van der Waals surface area contributed by atoms with Crippen LogP contribution in [0.5, 0.6) is 0 Å². The van der Waals surface area contributed by atoms with Crippen molar-refractivity contribution in [2.75, 3.05) is 16.0 Å². The number of nitrogens with zero attached hydrogens (tertiary/aromatic N) is 2. The molecule has 136 valence electrons. The maximum absolute atomic E-state index is 13.6. The number of amides is 2. The fourth-order valence-corrected chi connectivity index (χ4v) is 2.25. The van der Waals surface area contributed by atoms with Crippen molar-refractivity contribution >= 4 is 34.7 Å². The van der Waals surface area contributed by atoms with Crippen molar-refractivity contribution in [1.82, 2.24) is 9.97 Å². The SMILES string of the molecule is CC(=O)Nc1ccc(Nc2cnc(C(=O)Nc3ccccc3F)cn2)cc1. The van der Waals surface area contributed by atoms with Gasteiger partial charge in [-0.1, -0.05) is 12.1 Å². The van der Waals surface area contributed by atoms with E-state index in [1.165, 1.54) is 37.5 Å². The summed E-state index contributed by atoms with van der Waals surface area (Å²) in [6, 6.07) is 12.9. The molecule has 0 spiro atoms. The highest BCUT2D eigenvalue weighted by Crippen LogP contribution is 2.18. The van der Waals surface area contributed by atoms with E-state index >= 15 is 0 Å². The van der Waals surface area contributed by atoms with Crippen LogP contribution in [0.25, 0.3) is 0 Å². The molecule has 0 fully saturated rings. The van der Waals surface area contributed by atoms with Crippen LogP contribution in [0.2, 0.25) is 0 Å². The zero-order chi connectivity index (χ0) is 19.2. The van der Waals surface area contributed by atoms with Gasteiger partial charge in [0.05, 0.1) is 18.1 Å². The van der Waals surface area contributed by atoms with E-state index in [4.69, 9.17) is 0 Å². The van der Waals surface area contributed by atoms with Crippen LogP contribution in [-0.4, -0.2) is 21.8 Å². The summed E-state index contributed by atoms with van der Waals surface area (Å²) in [5, 5.41) is 8.15. The van der Waals surface area contributed by atoms with Gasteiger partial charge in [0.15, 0.2) is 0 Å². The Morgan fingerprint density at radius 2 is 1.59 bits per heavy atom. The summed E-state index contributed by atoms with van der Waals surface area (Å²) in [4.78, 5) is 31.3. The summed E-state index contributed by atoms with van der Waals surface area (Å²) >= 11 is 0. The van der Waals surface area contributed by atoms with Crippen LogP contribution in [0.4, 0.5) is 27.3 Å². The van der Waals surface area contributed by atoms with Crippen LogP contribution in [0.1, 0.15) is 17.4 Å². The summed E-state index contributed by atoms with van der Waals surface area (Å²) in [5.74, 6) is -0.797. The molecule has 0 bridgehead atoms. The minimum Gasteiger partial charge on any atom is -0.339 e. The standard InChI is InChI=1S/C19H16FN5O2/c1-12(26)23-13-6-8-14(9-7-13)24-18-11-21-17(10-22-18)19(27)25-16-5-3-2-4-15(16)20/h2-11H,1H3,(H,22,24)(H,23,26)(H,25,27). The first-order valence-corrected chi connectivity index (χ1v) is 8.04. The molecule has 0 saturated carbocycles. The first-order valence-electron chi connectivity index (χ1n) is 8.04. The number of carbonyl (C=O) groups is 2. The summed E-state index contributed by atoms with van der Waals surface area (Å²) in [6.07, 6.45) is 2.70. The molecule has 0 saturated heterocycles. The van der Waals surface area contributed by atoms with Gasteiger partial charge in [0.1, 0.15) is 17.3 Å². The molecular formula is C19H16FN5O2. The fourth-order valence-electron chi connectivity index (χ4n) is 2.25. The summed E-state index contributed by atoms with van der Waals surface area (Å²) in [5.41, 5.74) is 1.55. The molecule has 3 aromatic rings. The van der Waals surface area contributed by atoms with Crippen LogP contribution in [0.3, 0.4) is 0 Å². The second kappa shape index (κ2) is 8.05. The molecule has 0 aliphatic heterocycles. The molecule has 3 rings (SSSR count). The van der Waals surface area contributed by atoms with E-state index < -0.39 is 11.7 Å². The average Bonchev–Trinajstić information content (AvgIpc) is 2.65. The first kappa shape index (κ1) is 18.0. The Labute approximate surface area is 154 Å². The number of halogens is 1. The molecule has 0 atom stereocenters. The van der Waals surface area contributed by atoms with Crippen molar-refractivity contribution in [3.05, 3.63) is 72.4 Å². The minimum absolute atomic E-state index is 0.0600. The largest absolute Gasteiger partial charge is 0.339 e. The van der Waals surface area contributed by atoms with Crippen molar-refractivity contribution in [2.45, 2.75) is 6.92 Å². The fraction of sp³-hybridized carbons (Fsp3) is 0.0526. The Balaban J connectivity index is 1.64. The molecule has 27 heavy (non-hydrogen) atoms. The highest BCUT2D eigenvalue weighted by atomic mass is 19.1. The number of hydrogen-bond donors (Lipinski definition) is 3. The lowest BCUT2D eigenvalue weighted by Crippen LogP contribution is -2.15. The lowest BCUT2D eigenvalue weighted by molar-refractivity contribution is -0.114. The average molecular weight is 365 g/mol. The molecule has 1 aromatic heterocycles. The number of anilines is 4. The molecule has 0 aliphatic rings. The van der Waals surface area contributed by atoms with E-state index in [1.807, 2.05) is 0 Å². The van der Waals surface area contributed by atoms with Gasteiger partial charge in [0.2, 0.25) is 5.91 Å². The Kier molecular flexibility index (Phi) is 5.36. The molecule has 0 aliphatic carbocycles. The van der Waals surface area contributed by atoms with Crippen LogP contribution < -0.4 is 16.0 Å². The van der Waals surface area contributed by atoms with Gasteiger partial charge in [0.25, 0.3) is 5.91 Å². The summed E-state index contributed by atoms with van der Waals surface area (Å²) in [7, 11) is 0. The lowest BCUT2D eigenvalue weighted by Gasteiger charge is -2.08. The predicted molar refractivity (Wildman–Crippen MR) is 100 cm³/mol. The van der Waals surface area contributed by atoms with Crippen LogP contribution in [0.15, 0.2) is 60.9 Å². The molecule has 0 unspecified atom stereocenters. The number of nitrogens with one attached hydrogen (secondary N) is 3. The predicted octanol–water partition coefficient (Wildman–Crippen LogP) is 3.57. The van der Waals surface area contributed by atoms with Crippen molar-refractivity contribution in [2.24, 2.45) is 0 Å². The van der Waals surface area contributed by atoms with Crippen LogP contribution in [-0.2, 0) is 4.79 Å². The Morgan fingerprint density at radius 1 is 0.889 bits per heavy atom. The maximum Gasteiger partial charge on any atom is 0.275 e. The van der Waals surface area contributed by atoms with Gasteiger partial charge in [0, 0.05) is 18.3 Å². The van der Waals surface area contributed by atoms with Crippen molar-refractivity contribution in [3.8, 4) is 0 Å². The molecule has 1 heterocycles. The van der Waals surface area contributed by atoms with E-state index in [1.54, 1.807) is 30.3 Å². The number of hydrogen-bond acceptors (Lipinski definition) is 5. The highest BCUT2D eigenvalue weighted by Gasteiger charge is 2.11. The minimum atomic E-state index is -0.557. The Morgan fingerprint density at radius 3 is 2.22 bits per heavy atom. The molecular weight excluding hydrogens is 349 g/mol. The van der Waals surface area contributed by atoms with Crippen molar-refractivity contribution in [1.29, 1.82) is 0 Å². The third kappa shape index (κ3) is 4.85. The Hall–Kier alpha value is -3.81. The number of carbonyl (C=O) groups excluding carboxylic acids is 2.